The Hall–Kier alpha value is -2.36. The topological polar surface area (TPSA) is 68.3 Å². The molecule has 4 nitrogen and oxygen atoms in total. The Morgan fingerprint density at radius 2 is 1.09 bits per heavy atom. The zero-order valence-electron chi connectivity index (χ0n) is 15.4. The summed E-state index contributed by atoms with van der Waals surface area (Å²) >= 11 is 0. The minimum atomic E-state index is -7.20. The molecule has 0 N–H and O–H groups in total. The van der Waals surface area contributed by atoms with E-state index in [9.17, 15) is 60.7 Å². The summed E-state index contributed by atoms with van der Waals surface area (Å²) in [7, 11) is -14.4. The van der Waals surface area contributed by atoms with Gasteiger partial charge in [0.1, 0.15) is 0 Å². The van der Waals surface area contributed by atoms with E-state index in [4.69, 9.17) is 0 Å². The maximum atomic E-state index is 14.0. The van der Waals surface area contributed by atoms with Crippen LogP contribution in [0.25, 0.3) is 11.1 Å². The molecule has 0 aromatic heterocycles. The molecule has 1 aliphatic carbocycles. The molecule has 0 heterocycles. The Bertz CT molecular complexity index is 1340. The van der Waals surface area contributed by atoms with Gasteiger partial charge in [-0.05, 0) is 28.3 Å². The van der Waals surface area contributed by atoms with E-state index in [0.29, 0.717) is 6.07 Å². The minimum absolute atomic E-state index is 0.0332. The number of alkyl halides is 10. The van der Waals surface area contributed by atoms with Gasteiger partial charge in [0, 0.05) is 6.42 Å². The third-order valence-corrected chi connectivity index (χ3v) is 8.66. The zero-order valence-corrected chi connectivity index (χ0v) is 17.0. The highest BCUT2D eigenvalue weighted by molar-refractivity contribution is 7.95. The fourth-order valence-corrected chi connectivity index (χ4v) is 6.49. The Labute approximate surface area is 178 Å². The van der Waals surface area contributed by atoms with E-state index in [-0.39, 0.29) is 17.2 Å². The highest BCUT2D eigenvalue weighted by atomic mass is 32.2. The van der Waals surface area contributed by atoms with Gasteiger partial charge in [0.2, 0.25) is 0 Å². The molecule has 2 aromatic rings. The second kappa shape index (κ2) is 7.07. The molecule has 0 spiro atoms. The fraction of sp³-hybridized carbons (Fsp3) is 0.294. The fourth-order valence-electron chi connectivity index (χ4n) is 3.24. The summed E-state index contributed by atoms with van der Waals surface area (Å²) in [6, 6.07) is 5.54. The molecule has 16 heteroatoms. The highest BCUT2D eigenvalue weighted by Gasteiger charge is 2.71. The molecule has 0 aliphatic heterocycles. The lowest BCUT2D eigenvalue weighted by Crippen LogP contribution is -2.47. The Morgan fingerprint density at radius 1 is 0.606 bits per heavy atom. The first kappa shape index (κ1) is 25.3. The van der Waals surface area contributed by atoms with E-state index < -0.39 is 69.9 Å². The van der Waals surface area contributed by atoms with Crippen molar-refractivity contribution in [2.75, 3.05) is 0 Å². The SMILES string of the molecule is O=S(=O)(c1ccc2c(c1S(=O)(=O)C(F)(F)C(F)(F)F)Cc1ccccc1-2)C(F)(F)C(F)(F)F. The van der Waals surface area contributed by atoms with Crippen molar-refractivity contribution in [1.82, 2.24) is 0 Å². The molecule has 0 fully saturated rings. The average Bonchev–Trinajstić information content (AvgIpc) is 3.03. The predicted octanol–water partition coefficient (Wildman–Crippen LogP) is 5.12. The third-order valence-electron chi connectivity index (χ3n) is 4.79. The van der Waals surface area contributed by atoms with Crippen LogP contribution in [-0.4, -0.2) is 39.7 Å². The summed E-state index contributed by atoms with van der Waals surface area (Å²) in [5, 5.41) is -13.4. The van der Waals surface area contributed by atoms with E-state index in [1.807, 2.05) is 0 Å². The first-order valence-electron chi connectivity index (χ1n) is 8.32. The molecule has 1 aliphatic rings. The van der Waals surface area contributed by atoms with E-state index >= 15 is 0 Å². The van der Waals surface area contributed by atoms with E-state index in [1.165, 1.54) is 24.3 Å². The normalized spacial score (nSPS) is 15.3. The molecule has 182 valence electrons. The molecule has 2 aromatic carbocycles. The van der Waals surface area contributed by atoms with Gasteiger partial charge in [-0.1, -0.05) is 30.3 Å². The zero-order chi connectivity index (χ0) is 25.4. The number of halogens is 10. The van der Waals surface area contributed by atoms with Gasteiger partial charge in [-0.2, -0.15) is 43.9 Å². The van der Waals surface area contributed by atoms with Gasteiger partial charge < -0.3 is 0 Å². The number of hydrogen-bond donors (Lipinski definition) is 0. The molecule has 0 saturated carbocycles. The molecule has 0 bridgehead atoms. The molecule has 0 saturated heterocycles. The molecular weight excluding hydrogens is 522 g/mol. The van der Waals surface area contributed by atoms with Crippen LogP contribution in [0, 0.1) is 0 Å². The average molecular weight is 530 g/mol. The van der Waals surface area contributed by atoms with Gasteiger partial charge in [-0.3, -0.25) is 0 Å². The molecule has 33 heavy (non-hydrogen) atoms. The molecule has 0 atom stereocenters. The van der Waals surface area contributed by atoms with Crippen LogP contribution in [0.3, 0.4) is 0 Å². The highest BCUT2D eigenvalue weighted by Crippen LogP contribution is 2.52. The van der Waals surface area contributed by atoms with Crippen LogP contribution < -0.4 is 0 Å². The van der Waals surface area contributed by atoms with Crippen LogP contribution in [-0.2, 0) is 26.1 Å². The van der Waals surface area contributed by atoms with Gasteiger partial charge in [0.05, 0.1) is 9.79 Å². The summed E-state index contributed by atoms with van der Waals surface area (Å²) in [5.41, 5.74) is -1.39. The molecule has 0 amide bonds. The second-order valence-corrected chi connectivity index (χ2v) is 10.7. The van der Waals surface area contributed by atoms with Gasteiger partial charge >= 0.3 is 22.9 Å². The number of rotatable bonds is 4. The Kier molecular flexibility index (Phi) is 5.41. The molecule has 0 radical (unpaired) electrons. The van der Waals surface area contributed by atoms with E-state index in [1.54, 1.807) is 0 Å². The molecular formula is C17H8F10O4S2. The Morgan fingerprint density at radius 3 is 1.61 bits per heavy atom. The number of sulfone groups is 2. The number of benzene rings is 2. The standard InChI is InChI=1S/C17H8F10O4S2/c18-14(19,20)16(24,25)32(28,29)12-6-5-10-9-4-2-1-3-8(9)7-11(10)13(12)33(30,31)17(26,27)15(21,22)23/h1-6H,7H2. The van der Waals surface area contributed by atoms with Gasteiger partial charge in [-0.25, -0.2) is 16.8 Å². The van der Waals surface area contributed by atoms with Crippen molar-refractivity contribution in [2.24, 2.45) is 0 Å². The monoisotopic (exact) mass is 530 g/mol. The van der Waals surface area contributed by atoms with Crippen molar-refractivity contribution in [1.29, 1.82) is 0 Å². The van der Waals surface area contributed by atoms with E-state index in [0.717, 1.165) is 0 Å². The van der Waals surface area contributed by atoms with E-state index in [2.05, 4.69) is 0 Å². The Balaban J connectivity index is 2.48. The minimum Gasteiger partial charge on any atom is -0.217 e. The summed E-state index contributed by atoms with van der Waals surface area (Å²) in [4.78, 5) is -5.00. The van der Waals surface area contributed by atoms with Gasteiger partial charge in [0.15, 0.2) is 0 Å². The third kappa shape index (κ3) is 3.40. The van der Waals surface area contributed by atoms with Crippen LogP contribution >= 0.6 is 0 Å². The van der Waals surface area contributed by atoms with Crippen molar-refractivity contribution in [3.63, 3.8) is 0 Å². The summed E-state index contributed by atoms with van der Waals surface area (Å²) < 4.78 is 181. The lowest BCUT2D eigenvalue weighted by molar-refractivity contribution is -0.242. The van der Waals surface area contributed by atoms with Crippen molar-refractivity contribution >= 4 is 19.7 Å². The largest absolute Gasteiger partial charge is 0.469 e. The first-order valence-corrected chi connectivity index (χ1v) is 11.3. The maximum Gasteiger partial charge on any atom is 0.469 e. The quantitative estimate of drug-likeness (QED) is 0.440. The smallest absolute Gasteiger partial charge is 0.217 e. The van der Waals surface area contributed by atoms with Crippen molar-refractivity contribution < 1.29 is 60.7 Å². The second-order valence-electron chi connectivity index (χ2n) is 6.79. The van der Waals surface area contributed by atoms with Crippen LogP contribution in [0.1, 0.15) is 11.1 Å². The van der Waals surface area contributed by atoms with Crippen LogP contribution in [0.5, 0.6) is 0 Å². The first-order chi connectivity index (χ1) is 14.7. The van der Waals surface area contributed by atoms with Crippen molar-refractivity contribution in [3.05, 3.63) is 47.5 Å². The van der Waals surface area contributed by atoms with Gasteiger partial charge in [-0.15, -0.1) is 0 Å². The molecule has 0 unspecified atom stereocenters. The predicted molar refractivity (Wildman–Crippen MR) is 91.1 cm³/mol. The van der Waals surface area contributed by atoms with Crippen molar-refractivity contribution in [2.45, 2.75) is 39.1 Å². The maximum absolute atomic E-state index is 14.0. The van der Waals surface area contributed by atoms with Crippen LogP contribution in [0.15, 0.2) is 46.2 Å². The molecule has 3 rings (SSSR count). The number of fused-ring (bicyclic) bond motifs is 3. The van der Waals surface area contributed by atoms with Crippen molar-refractivity contribution in [3.8, 4) is 11.1 Å². The lowest BCUT2D eigenvalue weighted by atomic mass is 10.1. The van der Waals surface area contributed by atoms with Crippen LogP contribution in [0.4, 0.5) is 43.9 Å². The van der Waals surface area contributed by atoms with Crippen LogP contribution in [0.2, 0.25) is 0 Å². The summed E-state index contributed by atoms with van der Waals surface area (Å²) in [6.45, 7) is 0. The number of hydrogen-bond acceptors (Lipinski definition) is 4. The van der Waals surface area contributed by atoms with Gasteiger partial charge in [0.25, 0.3) is 19.7 Å². The summed E-state index contributed by atoms with van der Waals surface area (Å²) in [6.07, 6.45) is -14.5. The summed E-state index contributed by atoms with van der Waals surface area (Å²) in [5.74, 6) is 0. The lowest BCUT2D eigenvalue weighted by Gasteiger charge is -2.25.